The summed E-state index contributed by atoms with van der Waals surface area (Å²) in [5, 5.41) is 2.95. The van der Waals surface area contributed by atoms with Crippen molar-refractivity contribution in [2.24, 2.45) is 5.92 Å². The maximum Gasteiger partial charge on any atom is 0.330 e. The van der Waals surface area contributed by atoms with Crippen LogP contribution < -0.4 is 5.32 Å². The Bertz CT molecular complexity index is 214. The highest BCUT2D eigenvalue weighted by Gasteiger charge is 2.41. The van der Waals surface area contributed by atoms with Gasteiger partial charge < -0.3 is 10.1 Å². The highest BCUT2D eigenvalue weighted by molar-refractivity contribution is 4.71. The molecule has 0 rings (SSSR count). The first-order valence-corrected chi connectivity index (χ1v) is 6.24. The van der Waals surface area contributed by atoms with Gasteiger partial charge in [0.05, 0.1) is 6.61 Å². The average Bonchev–Trinajstić information content (AvgIpc) is 2.27. The van der Waals surface area contributed by atoms with Gasteiger partial charge in [-0.3, -0.25) is 0 Å². The smallest absolute Gasteiger partial charge is 0.330 e. The number of likely N-dealkylation sites (N-methyl/N-ethyl adjacent to an activating group) is 1. The second-order valence-electron chi connectivity index (χ2n) is 4.69. The van der Waals surface area contributed by atoms with Gasteiger partial charge in [-0.15, -0.1) is 0 Å². The maximum atomic E-state index is 12.6. The van der Waals surface area contributed by atoms with Crippen LogP contribution in [-0.4, -0.2) is 38.7 Å². The minimum absolute atomic E-state index is 0.0207. The molecule has 0 aromatic carbocycles. The molecule has 0 radical (unpaired) electrons. The van der Waals surface area contributed by atoms with Gasteiger partial charge in [-0.1, -0.05) is 26.7 Å². The molecule has 6 heteroatoms. The summed E-state index contributed by atoms with van der Waals surface area (Å²) in [6.45, 7) is 2.93. The summed E-state index contributed by atoms with van der Waals surface area (Å²) in [5.74, 6) is -3.61. The summed E-state index contributed by atoms with van der Waals surface area (Å²) < 4.78 is 53.6. The molecule has 0 saturated heterocycles. The number of alkyl halides is 4. The number of rotatable bonds is 10. The molecule has 1 N–H and O–H groups in total. The molecule has 0 heterocycles. The lowest BCUT2D eigenvalue weighted by Crippen LogP contribution is -2.37. The van der Waals surface area contributed by atoms with Crippen molar-refractivity contribution in [2.45, 2.75) is 51.5 Å². The van der Waals surface area contributed by atoms with Crippen LogP contribution in [0, 0.1) is 5.92 Å². The molecule has 0 spiro atoms. The van der Waals surface area contributed by atoms with E-state index in [1.807, 2.05) is 0 Å². The fourth-order valence-electron chi connectivity index (χ4n) is 1.77. The number of halogens is 4. The summed E-state index contributed by atoms with van der Waals surface area (Å²) in [7, 11) is 1.71. The van der Waals surface area contributed by atoms with Crippen molar-refractivity contribution >= 4 is 0 Å². The van der Waals surface area contributed by atoms with Crippen LogP contribution in [0.3, 0.4) is 0 Å². The molecule has 0 bridgehead atoms. The molecule has 0 aromatic rings. The zero-order valence-electron chi connectivity index (χ0n) is 11.2. The van der Waals surface area contributed by atoms with Crippen LogP contribution in [0.15, 0.2) is 0 Å². The Balaban J connectivity index is 3.94. The highest BCUT2D eigenvalue weighted by Crippen LogP contribution is 2.23. The first kappa shape index (κ1) is 17.6. The zero-order valence-corrected chi connectivity index (χ0v) is 11.2. The highest BCUT2D eigenvalue weighted by atomic mass is 19.3. The van der Waals surface area contributed by atoms with Crippen LogP contribution in [-0.2, 0) is 4.74 Å². The van der Waals surface area contributed by atoms with E-state index in [4.69, 9.17) is 4.74 Å². The third-order valence-electron chi connectivity index (χ3n) is 2.81. The number of ether oxygens (including phenoxy) is 1. The molecule has 110 valence electrons. The third kappa shape index (κ3) is 7.16. The van der Waals surface area contributed by atoms with Crippen molar-refractivity contribution in [1.29, 1.82) is 0 Å². The van der Waals surface area contributed by atoms with Crippen molar-refractivity contribution in [3.8, 4) is 0 Å². The first-order chi connectivity index (χ1) is 8.33. The standard InChI is InChI=1S/C12H23F4NO/c1-4-5-9(2)6-10(17-3)7-18-8-12(15,16)11(13)14/h9-11,17H,4-8H2,1-3H3. The van der Waals surface area contributed by atoms with Crippen molar-refractivity contribution in [3.63, 3.8) is 0 Å². The summed E-state index contributed by atoms with van der Waals surface area (Å²) in [5.41, 5.74) is 0. The minimum Gasteiger partial charge on any atom is -0.373 e. The zero-order chi connectivity index (χ0) is 14.2. The molecule has 0 saturated carbocycles. The molecule has 18 heavy (non-hydrogen) atoms. The second kappa shape index (κ2) is 8.69. The van der Waals surface area contributed by atoms with E-state index in [0.717, 1.165) is 19.3 Å². The van der Waals surface area contributed by atoms with Gasteiger partial charge >= 0.3 is 12.3 Å². The molecule has 2 nitrogen and oxygen atoms in total. The van der Waals surface area contributed by atoms with Crippen LogP contribution in [0.25, 0.3) is 0 Å². The van der Waals surface area contributed by atoms with Crippen molar-refractivity contribution < 1.29 is 22.3 Å². The Hall–Kier alpha value is -0.360. The molecule has 0 aromatic heterocycles. The van der Waals surface area contributed by atoms with E-state index in [1.165, 1.54) is 0 Å². The molecule has 0 fully saturated rings. The Morgan fingerprint density at radius 3 is 2.33 bits per heavy atom. The molecule has 0 aliphatic rings. The second-order valence-corrected chi connectivity index (χ2v) is 4.69. The lowest BCUT2D eigenvalue weighted by atomic mass is 9.98. The van der Waals surface area contributed by atoms with E-state index in [9.17, 15) is 17.6 Å². The van der Waals surface area contributed by atoms with Crippen LogP contribution in [0.5, 0.6) is 0 Å². The molecular formula is C12H23F4NO. The van der Waals surface area contributed by atoms with Crippen LogP contribution >= 0.6 is 0 Å². The molecule has 2 atom stereocenters. The summed E-state index contributed by atoms with van der Waals surface area (Å²) >= 11 is 0. The van der Waals surface area contributed by atoms with Gasteiger partial charge in [0.2, 0.25) is 0 Å². The van der Waals surface area contributed by atoms with E-state index >= 15 is 0 Å². The largest absolute Gasteiger partial charge is 0.373 e. The molecule has 0 aliphatic carbocycles. The average molecular weight is 273 g/mol. The third-order valence-corrected chi connectivity index (χ3v) is 2.81. The Labute approximate surface area is 106 Å². The minimum atomic E-state index is -4.06. The normalized spacial score (nSPS) is 16.0. The van der Waals surface area contributed by atoms with Crippen LogP contribution in [0.4, 0.5) is 17.6 Å². The summed E-state index contributed by atoms with van der Waals surface area (Å²) in [4.78, 5) is 0. The first-order valence-electron chi connectivity index (χ1n) is 6.24. The monoisotopic (exact) mass is 273 g/mol. The predicted octanol–water partition coefficient (Wildman–Crippen LogP) is 3.32. The molecular weight excluding hydrogens is 250 g/mol. The maximum absolute atomic E-state index is 12.6. The molecule has 0 amide bonds. The number of hydrogen-bond donors (Lipinski definition) is 1. The summed E-state index contributed by atoms with van der Waals surface area (Å²) in [6, 6.07) is -0.0833. The van der Waals surface area contributed by atoms with E-state index in [-0.39, 0.29) is 12.6 Å². The van der Waals surface area contributed by atoms with Crippen molar-refractivity contribution in [1.82, 2.24) is 5.32 Å². The predicted molar refractivity (Wildman–Crippen MR) is 63.3 cm³/mol. The van der Waals surface area contributed by atoms with E-state index < -0.39 is 19.0 Å². The lowest BCUT2D eigenvalue weighted by molar-refractivity contribution is -0.167. The fraction of sp³-hybridized carbons (Fsp3) is 1.00. The van der Waals surface area contributed by atoms with Crippen LogP contribution in [0.1, 0.15) is 33.1 Å². The quantitative estimate of drug-likeness (QED) is 0.617. The Morgan fingerprint density at radius 1 is 1.28 bits per heavy atom. The van der Waals surface area contributed by atoms with Gasteiger partial charge in [0.15, 0.2) is 0 Å². The van der Waals surface area contributed by atoms with Gasteiger partial charge in [0, 0.05) is 6.04 Å². The van der Waals surface area contributed by atoms with Gasteiger partial charge in [0.25, 0.3) is 0 Å². The topological polar surface area (TPSA) is 21.3 Å². The van der Waals surface area contributed by atoms with Gasteiger partial charge in [-0.2, -0.15) is 8.78 Å². The Morgan fingerprint density at radius 2 is 1.89 bits per heavy atom. The van der Waals surface area contributed by atoms with Crippen LogP contribution in [0.2, 0.25) is 0 Å². The fourth-order valence-corrected chi connectivity index (χ4v) is 1.77. The van der Waals surface area contributed by atoms with Crippen molar-refractivity contribution in [3.05, 3.63) is 0 Å². The molecule has 2 unspecified atom stereocenters. The molecule has 0 aliphatic heterocycles. The Kier molecular flexibility index (Phi) is 8.52. The number of nitrogens with one attached hydrogen (secondary N) is 1. The van der Waals surface area contributed by atoms with Gasteiger partial charge in [-0.05, 0) is 19.4 Å². The van der Waals surface area contributed by atoms with E-state index in [1.54, 1.807) is 7.05 Å². The number of hydrogen-bond acceptors (Lipinski definition) is 2. The SMILES string of the molecule is CCCC(C)CC(COCC(F)(F)C(F)F)NC. The van der Waals surface area contributed by atoms with E-state index in [0.29, 0.717) is 5.92 Å². The van der Waals surface area contributed by atoms with E-state index in [2.05, 4.69) is 19.2 Å². The van der Waals surface area contributed by atoms with Gasteiger partial charge in [-0.25, -0.2) is 8.78 Å². The lowest BCUT2D eigenvalue weighted by Gasteiger charge is -2.22. The van der Waals surface area contributed by atoms with Crippen molar-refractivity contribution in [2.75, 3.05) is 20.3 Å². The summed E-state index contributed by atoms with van der Waals surface area (Å²) in [6.07, 6.45) is -0.790. The van der Waals surface area contributed by atoms with Gasteiger partial charge in [0.1, 0.15) is 6.61 Å².